The first kappa shape index (κ1) is 13.2. The number of hydrogen-bond acceptors (Lipinski definition) is 4. The first-order valence-electron chi connectivity index (χ1n) is 6.24. The highest BCUT2D eigenvalue weighted by molar-refractivity contribution is 7.87. The van der Waals surface area contributed by atoms with Gasteiger partial charge in [0.1, 0.15) is 0 Å². The highest BCUT2D eigenvalue weighted by atomic mass is 32.2. The molecule has 2 aliphatic rings. The molecule has 2 fully saturated rings. The zero-order chi connectivity index (χ0) is 12.1. The molecule has 100 valence electrons. The van der Waals surface area contributed by atoms with E-state index >= 15 is 0 Å². The fourth-order valence-corrected chi connectivity index (χ4v) is 2.98. The van der Waals surface area contributed by atoms with Crippen molar-refractivity contribution in [1.82, 2.24) is 14.3 Å². The molecule has 6 nitrogen and oxygen atoms in total. The average Bonchev–Trinajstić information content (AvgIpc) is 3.14. The van der Waals surface area contributed by atoms with Crippen LogP contribution >= 0.6 is 0 Å². The lowest BCUT2D eigenvalue weighted by Gasteiger charge is -2.26. The smallest absolute Gasteiger partial charge is 0.279 e. The minimum Gasteiger partial charge on any atom is -0.379 e. The average molecular weight is 263 g/mol. The molecule has 0 unspecified atom stereocenters. The van der Waals surface area contributed by atoms with Gasteiger partial charge in [0.05, 0.1) is 13.2 Å². The van der Waals surface area contributed by atoms with E-state index in [1.165, 1.54) is 17.1 Å². The molecule has 0 amide bonds. The molecule has 0 bridgehead atoms. The van der Waals surface area contributed by atoms with Gasteiger partial charge in [0.25, 0.3) is 10.2 Å². The molecule has 0 atom stereocenters. The molecule has 0 radical (unpaired) electrons. The van der Waals surface area contributed by atoms with E-state index in [9.17, 15) is 8.42 Å². The van der Waals surface area contributed by atoms with Gasteiger partial charge in [0.15, 0.2) is 0 Å². The summed E-state index contributed by atoms with van der Waals surface area (Å²) in [6, 6.07) is 0.686. The number of nitrogens with zero attached hydrogens (tertiary/aromatic N) is 1. The Labute approximate surface area is 103 Å². The van der Waals surface area contributed by atoms with Crippen molar-refractivity contribution in [2.24, 2.45) is 0 Å². The molecule has 0 aromatic heterocycles. The lowest BCUT2D eigenvalue weighted by atomic mass is 10.4. The Hall–Kier alpha value is -0.210. The van der Waals surface area contributed by atoms with Crippen molar-refractivity contribution >= 4 is 10.2 Å². The maximum atomic E-state index is 11.8. The van der Waals surface area contributed by atoms with E-state index in [1.54, 1.807) is 0 Å². The van der Waals surface area contributed by atoms with E-state index < -0.39 is 10.2 Å². The van der Waals surface area contributed by atoms with Gasteiger partial charge >= 0.3 is 0 Å². The van der Waals surface area contributed by atoms with Crippen LogP contribution in [-0.4, -0.2) is 58.2 Å². The third-order valence-electron chi connectivity index (χ3n) is 2.96. The summed E-state index contributed by atoms with van der Waals surface area (Å²) in [6.07, 6.45) is 3.36. The lowest BCUT2D eigenvalue weighted by molar-refractivity contribution is 0.0725. The second kappa shape index (κ2) is 6.10. The van der Waals surface area contributed by atoms with Crippen LogP contribution in [0.1, 0.15) is 19.3 Å². The molecule has 0 spiro atoms. The van der Waals surface area contributed by atoms with Crippen LogP contribution in [0.2, 0.25) is 0 Å². The topological polar surface area (TPSA) is 70.7 Å². The molecule has 1 heterocycles. The monoisotopic (exact) mass is 263 g/mol. The van der Waals surface area contributed by atoms with Crippen LogP contribution in [0.3, 0.4) is 0 Å². The molecule has 2 rings (SSSR count). The van der Waals surface area contributed by atoms with Crippen molar-refractivity contribution in [1.29, 1.82) is 0 Å². The van der Waals surface area contributed by atoms with E-state index in [0.717, 1.165) is 13.0 Å². The Bertz CT molecular complexity index is 324. The first-order valence-corrected chi connectivity index (χ1v) is 7.68. The van der Waals surface area contributed by atoms with E-state index in [1.807, 2.05) is 0 Å². The minimum atomic E-state index is -3.29. The van der Waals surface area contributed by atoms with Crippen molar-refractivity contribution in [3.63, 3.8) is 0 Å². The van der Waals surface area contributed by atoms with Crippen LogP contribution in [0.25, 0.3) is 0 Å². The summed E-state index contributed by atoms with van der Waals surface area (Å²) < 4.78 is 32.9. The fourth-order valence-electron chi connectivity index (χ4n) is 1.76. The molecule has 1 saturated carbocycles. The van der Waals surface area contributed by atoms with Gasteiger partial charge in [-0.15, -0.1) is 0 Å². The van der Waals surface area contributed by atoms with Gasteiger partial charge in [-0.3, -0.25) is 0 Å². The Morgan fingerprint density at radius 2 is 1.88 bits per heavy atom. The number of morpholine rings is 1. The lowest BCUT2D eigenvalue weighted by Crippen LogP contribution is -2.47. The van der Waals surface area contributed by atoms with Gasteiger partial charge < -0.3 is 10.1 Å². The normalized spacial score (nSPS) is 22.8. The maximum Gasteiger partial charge on any atom is 0.279 e. The van der Waals surface area contributed by atoms with Crippen molar-refractivity contribution < 1.29 is 13.2 Å². The van der Waals surface area contributed by atoms with Crippen LogP contribution in [0.4, 0.5) is 0 Å². The zero-order valence-corrected chi connectivity index (χ0v) is 10.8. The molecule has 7 heteroatoms. The molecule has 1 aliphatic heterocycles. The molecular formula is C10H21N3O3S. The predicted molar refractivity (Wildman–Crippen MR) is 65.0 cm³/mol. The Balaban J connectivity index is 1.61. The van der Waals surface area contributed by atoms with E-state index in [-0.39, 0.29) is 0 Å². The summed E-state index contributed by atoms with van der Waals surface area (Å²) in [5, 5.41) is 3.35. The van der Waals surface area contributed by atoms with Crippen LogP contribution in [0, 0.1) is 0 Å². The third kappa shape index (κ3) is 4.51. The number of ether oxygens (including phenoxy) is 1. The highest BCUT2D eigenvalue weighted by Gasteiger charge is 2.23. The van der Waals surface area contributed by atoms with Gasteiger partial charge in [0.2, 0.25) is 0 Å². The quantitative estimate of drug-likeness (QED) is 0.596. The van der Waals surface area contributed by atoms with Crippen molar-refractivity contribution in [3.8, 4) is 0 Å². The minimum absolute atomic E-state index is 0.454. The summed E-state index contributed by atoms with van der Waals surface area (Å²) in [6.45, 7) is 3.27. The van der Waals surface area contributed by atoms with Crippen molar-refractivity contribution in [3.05, 3.63) is 0 Å². The molecule has 0 aromatic carbocycles. The molecular weight excluding hydrogens is 242 g/mol. The largest absolute Gasteiger partial charge is 0.379 e. The van der Waals surface area contributed by atoms with Gasteiger partial charge in [0, 0.05) is 25.7 Å². The Kier molecular flexibility index (Phi) is 4.75. The number of rotatable bonds is 7. The van der Waals surface area contributed by atoms with Gasteiger partial charge in [-0.25, -0.2) is 4.72 Å². The summed E-state index contributed by atoms with van der Waals surface area (Å²) >= 11 is 0. The molecule has 1 aliphatic carbocycles. The second-order valence-corrected chi connectivity index (χ2v) is 6.25. The molecule has 2 N–H and O–H groups in total. The highest BCUT2D eigenvalue weighted by Crippen LogP contribution is 2.18. The maximum absolute atomic E-state index is 11.8. The summed E-state index contributed by atoms with van der Waals surface area (Å²) in [4.78, 5) is 0. The molecule has 0 aromatic rings. The third-order valence-corrected chi connectivity index (χ3v) is 4.57. The van der Waals surface area contributed by atoms with Gasteiger partial charge in [-0.05, 0) is 25.8 Å². The number of hydrogen-bond donors (Lipinski definition) is 2. The van der Waals surface area contributed by atoms with Crippen LogP contribution in [0.5, 0.6) is 0 Å². The Morgan fingerprint density at radius 1 is 1.18 bits per heavy atom. The van der Waals surface area contributed by atoms with E-state index in [2.05, 4.69) is 10.0 Å². The standard InChI is InChI=1S/C10H21N3O3S/c14-17(15,13-6-8-16-9-7-13)12-5-1-4-11-10-2-3-10/h10-12H,1-9H2. The van der Waals surface area contributed by atoms with Crippen molar-refractivity contribution in [2.75, 3.05) is 39.4 Å². The summed E-state index contributed by atoms with van der Waals surface area (Å²) in [7, 11) is -3.29. The van der Waals surface area contributed by atoms with Crippen LogP contribution in [0.15, 0.2) is 0 Å². The zero-order valence-electron chi connectivity index (χ0n) is 10.0. The van der Waals surface area contributed by atoms with Gasteiger partial charge in [-0.2, -0.15) is 12.7 Å². The van der Waals surface area contributed by atoms with E-state index in [4.69, 9.17) is 4.74 Å². The molecule has 17 heavy (non-hydrogen) atoms. The predicted octanol–water partition coefficient (Wildman–Crippen LogP) is -0.705. The number of nitrogens with one attached hydrogen (secondary N) is 2. The molecule has 1 saturated heterocycles. The first-order chi connectivity index (χ1) is 8.18. The van der Waals surface area contributed by atoms with Crippen LogP contribution < -0.4 is 10.0 Å². The van der Waals surface area contributed by atoms with Gasteiger partial charge in [-0.1, -0.05) is 0 Å². The van der Waals surface area contributed by atoms with Crippen LogP contribution in [-0.2, 0) is 14.9 Å². The summed E-state index contributed by atoms with van der Waals surface area (Å²) in [5.41, 5.74) is 0. The SMILES string of the molecule is O=S(=O)(NCCCNC1CC1)N1CCOCC1. The van der Waals surface area contributed by atoms with E-state index in [0.29, 0.717) is 38.9 Å². The fraction of sp³-hybridized carbons (Fsp3) is 1.00. The van der Waals surface area contributed by atoms with Crippen molar-refractivity contribution in [2.45, 2.75) is 25.3 Å². The Morgan fingerprint density at radius 3 is 2.53 bits per heavy atom. The second-order valence-electron chi connectivity index (χ2n) is 4.49. The summed E-state index contributed by atoms with van der Waals surface area (Å²) in [5.74, 6) is 0.